The maximum atomic E-state index is 12.8. The largest absolute Gasteiger partial charge is 0.481 e. The monoisotopic (exact) mass is 441 g/mol. The zero-order valence-corrected chi connectivity index (χ0v) is 17.4. The first-order valence-corrected chi connectivity index (χ1v) is 10.8. The minimum Gasteiger partial charge on any atom is -0.481 e. The number of hydrogen-bond donors (Lipinski definition) is 1. The number of nitrogens with one attached hydrogen (secondary N) is 1. The van der Waals surface area contributed by atoms with Gasteiger partial charge >= 0.3 is 6.01 Å². The maximum absolute atomic E-state index is 12.8. The third-order valence-corrected chi connectivity index (χ3v) is 6.59. The number of halogens is 1. The Balaban J connectivity index is 1.90. The van der Waals surface area contributed by atoms with E-state index in [1.54, 1.807) is 6.07 Å². The van der Waals surface area contributed by atoms with Crippen molar-refractivity contribution in [2.75, 3.05) is 14.2 Å². The lowest BCUT2D eigenvalue weighted by Crippen LogP contribution is -2.37. The van der Waals surface area contributed by atoms with Crippen LogP contribution in [0.1, 0.15) is 36.0 Å². The van der Waals surface area contributed by atoms with Crippen molar-refractivity contribution in [1.29, 1.82) is 0 Å². The Morgan fingerprint density at radius 1 is 1.14 bits per heavy atom. The lowest BCUT2D eigenvalue weighted by Gasteiger charge is -2.15. The molecule has 29 heavy (non-hydrogen) atoms. The van der Waals surface area contributed by atoms with Crippen molar-refractivity contribution < 1.29 is 27.4 Å². The number of sulfonamides is 1. The van der Waals surface area contributed by atoms with Gasteiger partial charge in [-0.1, -0.05) is 30.5 Å². The SMILES string of the molecule is COc1cc(OC)nc(Oc2cccc(Cl)c2C(=O)NS(=O)(=O)C2CCCC2)n1. The van der Waals surface area contributed by atoms with Gasteiger partial charge in [0.15, 0.2) is 0 Å². The number of amides is 1. The van der Waals surface area contributed by atoms with Crippen LogP contribution in [0.3, 0.4) is 0 Å². The van der Waals surface area contributed by atoms with Crippen LogP contribution < -0.4 is 18.9 Å². The van der Waals surface area contributed by atoms with Crippen molar-refractivity contribution in [3.63, 3.8) is 0 Å². The number of carbonyl (C=O) groups excluding carboxylic acids is 1. The van der Waals surface area contributed by atoms with Gasteiger partial charge in [-0.25, -0.2) is 13.1 Å². The molecule has 11 heteroatoms. The summed E-state index contributed by atoms with van der Waals surface area (Å²) in [4.78, 5) is 20.8. The van der Waals surface area contributed by atoms with E-state index in [-0.39, 0.29) is 34.1 Å². The zero-order chi connectivity index (χ0) is 21.0. The minimum absolute atomic E-state index is 0.00747. The highest BCUT2D eigenvalue weighted by Crippen LogP contribution is 2.31. The van der Waals surface area contributed by atoms with E-state index in [9.17, 15) is 13.2 Å². The normalized spacial score (nSPS) is 14.4. The smallest absolute Gasteiger partial charge is 0.328 e. The van der Waals surface area contributed by atoms with E-state index < -0.39 is 21.2 Å². The number of ether oxygens (including phenoxy) is 3. The lowest BCUT2D eigenvalue weighted by molar-refractivity contribution is 0.0979. The van der Waals surface area contributed by atoms with Gasteiger partial charge in [0.1, 0.15) is 11.3 Å². The maximum Gasteiger partial charge on any atom is 0.328 e. The topological polar surface area (TPSA) is 117 Å². The Kier molecular flexibility index (Phi) is 6.43. The van der Waals surface area contributed by atoms with Gasteiger partial charge < -0.3 is 14.2 Å². The van der Waals surface area contributed by atoms with Crippen LogP contribution in [-0.4, -0.2) is 43.8 Å². The van der Waals surface area contributed by atoms with Gasteiger partial charge in [-0.05, 0) is 25.0 Å². The number of benzene rings is 1. The molecular formula is C18H20ClN3O6S. The molecule has 1 aromatic carbocycles. The first-order chi connectivity index (χ1) is 13.8. The Morgan fingerprint density at radius 3 is 2.34 bits per heavy atom. The van der Waals surface area contributed by atoms with E-state index >= 15 is 0 Å². The number of rotatable bonds is 7. The molecule has 0 atom stereocenters. The van der Waals surface area contributed by atoms with E-state index in [1.165, 1.54) is 32.4 Å². The summed E-state index contributed by atoms with van der Waals surface area (Å²) in [6.45, 7) is 0. The van der Waals surface area contributed by atoms with Gasteiger partial charge in [0, 0.05) is 0 Å². The summed E-state index contributed by atoms with van der Waals surface area (Å²) >= 11 is 6.17. The molecule has 1 aliphatic carbocycles. The van der Waals surface area contributed by atoms with Crippen LogP contribution in [-0.2, 0) is 10.0 Å². The average Bonchev–Trinajstić information content (AvgIpc) is 3.23. The highest BCUT2D eigenvalue weighted by molar-refractivity contribution is 7.90. The second-order valence-electron chi connectivity index (χ2n) is 6.33. The van der Waals surface area contributed by atoms with Crippen LogP contribution in [0.4, 0.5) is 0 Å². The molecule has 1 saturated carbocycles. The second kappa shape index (κ2) is 8.83. The molecule has 1 fully saturated rings. The molecule has 1 N–H and O–H groups in total. The number of nitrogens with zero attached hydrogens (tertiary/aromatic N) is 2. The van der Waals surface area contributed by atoms with E-state index in [0.29, 0.717) is 12.8 Å². The van der Waals surface area contributed by atoms with E-state index in [4.69, 9.17) is 25.8 Å². The van der Waals surface area contributed by atoms with Crippen LogP contribution >= 0.6 is 11.6 Å². The number of aromatic nitrogens is 2. The lowest BCUT2D eigenvalue weighted by atomic mass is 10.2. The summed E-state index contributed by atoms with van der Waals surface area (Å²) in [5.41, 5.74) is -0.138. The summed E-state index contributed by atoms with van der Waals surface area (Å²) in [5.74, 6) is -0.522. The fourth-order valence-electron chi connectivity index (χ4n) is 3.01. The first-order valence-electron chi connectivity index (χ1n) is 8.83. The van der Waals surface area contributed by atoms with Crippen LogP contribution in [0.2, 0.25) is 5.02 Å². The fourth-order valence-corrected chi connectivity index (χ4v) is 4.74. The standard InChI is InChI=1S/C18H20ClN3O6S/c1-26-14-10-15(27-2)21-18(20-14)28-13-9-5-8-12(19)16(13)17(23)22-29(24,25)11-6-3-4-7-11/h5,8-11H,3-4,6-7H2,1-2H3,(H,22,23). The molecule has 0 radical (unpaired) electrons. The molecule has 9 nitrogen and oxygen atoms in total. The molecule has 156 valence electrons. The van der Waals surface area contributed by atoms with Crippen LogP contribution in [0.25, 0.3) is 0 Å². The molecule has 0 saturated heterocycles. The molecule has 0 spiro atoms. The average molecular weight is 442 g/mol. The second-order valence-corrected chi connectivity index (χ2v) is 8.70. The Bertz CT molecular complexity index is 986. The summed E-state index contributed by atoms with van der Waals surface area (Å²) in [5, 5.41) is -0.569. The molecule has 0 aliphatic heterocycles. The van der Waals surface area contributed by atoms with Crippen molar-refractivity contribution in [2.24, 2.45) is 0 Å². The van der Waals surface area contributed by atoms with Crippen LogP contribution in [0.15, 0.2) is 24.3 Å². The molecule has 1 heterocycles. The van der Waals surface area contributed by atoms with Gasteiger partial charge in [0.25, 0.3) is 5.91 Å². The fraction of sp³-hybridized carbons (Fsp3) is 0.389. The van der Waals surface area contributed by atoms with Gasteiger partial charge in [-0.2, -0.15) is 9.97 Å². The summed E-state index contributed by atoms with van der Waals surface area (Å²) < 4.78 is 42.8. The molecule has 2 aromatic rings. The third kappa shape index (κ3) is 4.88. The molecule has 0 bridgehead atoms. The van der Waals surface area contributed by atoms with Gasteiger partial charge in [0.2, 0.25) is 21.8 Å². The van der Waals surface area contributed by atoms with Crippen molar-refractivity contribution in [3.05, 3.63) is 34.9 Å². The van der Waals surface area contributed by atoms with E-state index in [0.717, 1.165) is 12.8 Å². The molecule has 1 aromatic heterocycles. The zero-order valence-electron chi connectivity index (χ0n) is 15.8. The quantitative estimate of drug-likeness (QED) is 0.696. The van der Waals surface area contributed by atoms with Crippen molar-refractivity contribution in [3.8, 4) is 23.5 Å². The molecule has 3 rings (SSSR count). The number of carbonyl (C=O) groups is 1. The number of methoxy groups -OCH3 is 2. The molecule has 1 amide bonds. The summed E-state index contributed by atoms with van der Waals surface area (Å²) in [6, 6.07) is 5.76. The first kappa shape index (κ1) is 21.1. The Labute approximate surface area is 173 Å². The van der Waals surface area contributed by atoms with E-state index in [1.807, 2.05) is 0 Å². The predicted molar refractivity (Wildman–Crippen MR) is 105 cm³/mol. The molecule has 0 unspecified atom stereocenters. The van der Waals surface area contributed by atoms with Crippen molar-refractivity contribution in [1.82, 2.24) is 14.7 Å². The van der Waals surface area contributed by atoms with Gasteiger partial charge in [-0.15, -0.1) is 0 Å². The molecular weight excluding hydrogens is 422 g/mol. The van der Waals surface area contributed by atoms with Crippen molar-refractivity contribution >= 4 is 27.5 Å². The predicted octanol–water partition coefficient (Wildman–Crippen LogP) is 2.94. The third-order valence-electron chi connectivity index (χ3n) is 4.46. The van der Waals surface area contributed by atoms with Crippen molar-refractivity contribution in [2.45, 2.75) is 30.9 Å². The molecule has 1 aliphatic rings. The van der Waals surface area contributed by atoms with Crippen LogP contribution in [0, 0.1) is 0 Å². The Hall–Kier alpha value is -2.59. The number of hydrogen-bond acceptors (Lipinski definition) is 8. The van der Waals surface area contributed by atoms with E-state index in [2.05, 4.69) is 14.7 Å². The summed E-state index contributed by atoms with van der Waals surface area (Å²) in [6.07, 6.45) is 2.67. The highest BCUT2D eigenvalue weighted by atomic mass is 35.5. The van der Waals surface area contributed by atoms with Crippen LogP contribution in [0.5, 0.6) is 23.5 Å². The van der Waals surface area contributed by atoms with Gasteiger partial charge in [0.05, 0.1) is 30.6 Å². The minimum atomic E-state index is -3.82. The summed E-state index contributed by atoms with van der Waals surface area (Å²) in [7, 11) is -0.991. The Morgan fingerprint density at radius 2 is 1.76 bits per heavy atom. The highest BCUT2D eigenvalue weighted by Gasteiger charge is 2.32. The van der Waals surface area contributed by atoms with Gasteiger partial charge in [-0.3, -0.25) is 4.79 Å².